The normalized spacial score (nSPS) is 13.1. The summed E-state index contributed by atoms with van der Waals surface area (Å²) in [5.41, 5.74) is 0.916. The van der Waals surface area contributed by atoms with Crippen LogP contribution in [0.15, 0.2) is 24.3 Å². The molecule has 1 aromatic carbocycles. The molecular formula is C17H26N2O4. The zero-order valence-electron chi connectivity index (χ0n) is 14.5. The summed E-state index contributed by atoms with van der Waals surface area (Å²) in [6.07, 6.45) is -0.650. The molecule has 6 nitrogen and oxygen atoms in total. The van der Waals surface area contributed by atoms with Gasteiger partial charge in [0.25, 0.3) is 0 Å². The summed E-state index contributed by atoms with van der Waals surface area (Å²) in [6, 6.07) is 6.89. The number of amides is 2. The van der Waals surface area contributed by atoms with Gasteiger partial charge in [0.05, 0.1) is 13.7 Å². The van der Waals surface area contributed by atoms with Crippen molar-refractivity contribution in [3.8, 4) is 5.75 Å². The number of carbonyl (C=O) groups excluding carboxylic acids is 2. The van der Waals surface area contributed by atoms with Crippen molar-refractivity contribution in [1.29, 1.82) is 0 Å². The molecule has 0 aliphatic rings. The Balaban J connectivity index is 2.49. The Kier molecular flexibility index (Phi) is 7.54. The van der Waals surface area contributed by atoms with E-state index in [9.17, 15) is 9.59 Å². The maximum Gasteiger partial charge on any atom is 0.249 e. The lowest BCUT2D eigenvalue weighted by Crippen LogP contribution is -2.48. The summed E-state index contributed by atoms with van der Waals surface area (Å²) >= 11 is 0. The molecule has 0 heterocycles. The SMILES string of the molecule is CCN(C)C(=O)[C@@H](C)NC(=O)[C@H](C)OCc1cccc(OC)c1. The lowest BCUT2D eigenvalue weighted by molar-refractivity contribution is -0.139. The largest absolute Gasteiger partial charge is 0.497 e. The molecule has 0 saturated carbocycles. The van der Waals surface area contributed by atoms with Gasteiger partial charge < -0.3 is 19.7 Å². The first-order valence-electron chi connectivity index (χ1n) is 7.68. The van der Waals surface area contributed by atoms with Crippen LogP contribution in [0.25, 0.3) is 0 Å². The number of hydrogen-bond donors (Lipinski definition) is 1. The number of methoxy groups -OCH3 is 1. The monoisotopic (exact) mass is 322 g/mol. The molecule has 0 bridgehead atoms. The molecule has 1 rings (SSSR count). The first kappa shape index (κ1) is 19.0. The third-order valence-corrected chi connectivity index (χ3v) is 3.58. The third-order valence-electron chi connectivity index (χ3n) is 3.58. The molecule has 128 valence electrons. The number of nitrogens with one attached hydrogen (secondary N) is 1. The summed E-state index contributed by atoms with van der Waals surface area (Å²) in [7, 11) is 3.30. The van der Waals surface area contributed by atoms with Gasteiger partial charge in [-0.15, -0.1) is 0 Å². The second kappa shape index (κ2) is 9.15. The highest BCUT2D eigenvalue weighted by atomic mass is 16.5. The van der Waals surface area contributed by atoms with E-state index in [1.54, 1.807) is 32.9 Å². The molecule has 0 aliphatic heterocycles. The first-order chi connectivity index (χ1) is 10.9. The minimum atomic E-state index is -0.650. The van der Waals surface area contributed by atoms with Crippen LogP contribution in [0.5, 0.6) is 5.75 Å². The fourth-order valence-electron chi connectivity index (χ4n) is 1.94. The number of hydrogen-bond acceptors (Lipinski definition) is 4. The molecule has 0 radical (unpaired) electrons. The quantitative estimate of drug-likeness (QED) is 0.789. The number of carbonyl (C=O) groups is 2. The molecular weight excluding hydrogens is 296 g/mol. The topological polar surface area (TPSA) is 67.9 Å². The van der Waals surface area contributed by atoms with Gasteiger partial charge in [-0.2, -0.15) is 0 Å². The number of benzene rings is 1. The Morgan fingerprint density at radius 1 is 1.30 bits per heavy atom. The Labute approximate surface area is 137 Å². The van der Waals surface area contributed by atoms with Crippen LogP contribution in [-0.4, -0.2) is 49.6 Å². The second-order valence-corrected chi connectivity index (χ2v) is 5.39. The summed E-state index contributed by atoms with van der Waals surface area (Å²) in [5, 5.41) is 2.67. The van der Waals surface area contributed by atoms with Crippen LogP contribution in [0.1, 0.15) is 26.3 Å². The molecule has 2 amide bonds. The van der Waals surface area contributed by atoms with Crippen molar-refractivity contribution in [1.82, 2.24) is 10.2 Å². The molecule has 0 saturated heterocycles. The smallest absolute Gasteiger partial charge is 0.249 e. The zero-order chi connectivity index (χ0) is 17.4. The minimum Gasteiger partial charge on any atom is -0.497 e. The summed E-state index contributed by atoms with van der Waals surface area (Å²) < 4.78 is 10.7. The van der Waals surface area contributed by atoms with E-state index in [2.05, 4.69) is 5.32 Å². The van der Waals surface area contributed by atoms with Crippen LogP contribution in [0.3, 0.4) is 0 Å². The Bertz CT molecular complexity index is 533. The lowest BCUT2D eigenvalue weighted by Gasteiger charge is -2.22. The van der Waals surface area contributed by atoms with Crippen molar-refractivity contribution in [2.45, 2.75) is 39.5 Å². The van der Waals surface area contributed by atoms with Crippen LogP contribution in [0, 0.1) is 0 Å². The summed E-state index contributed by atoms with van der Waals surface area (Å²) in [6.45, 7) is 6.10. The standard InChI is InChI=1S/C17H26N2O4/c1-6-19(4)17(21)12(2)18-16(20)13(3)23-11-14-8-7-9-15(10-14)22-5/h7-10,12-13H,6,11H2,1-5H3,(H,18,20)/t12-,13+/m1/s1. The molecule has 0 unspecified atom stereocenters. The van der Waals surface area contributed by atoms with Gasteiger partial charge in [-0.05, 0) is 38.5 Å². The van der Waals surface area contributed by atoms with Crippen molar-refractivity contribution < 1.29 is 19.1 Å². The predicted molar refractivity (Wildman–Crippen MR) is 88.2 cm³/mol. The Hall–Kier alpha value is -2.08. The maximum atomic E-state index is 12.1. The lowest BCUT2D eigenvalue weighted by atomic mass is 10.2. The van der Waals surface area contributed by atoms with Crippen molar-refractivity contribution in [2.75, 3.05) is 20.7 Å². The van der Waals surface area contributed by atoms with Gasteiger partial charge in [-0.1, -0.05) is 12.1 Å². The van der Waals surface area contributed by atoms with E-state index in [4.69, 9.17) is 9.47 Å². The van der Waals surface area contributed by atoms with E-state index in [-0.39, 0.29) is 11.8 Å². The fourth-order valence-corrected chi connectivity index (χ4v) is 1.94. The molecule has 0 fully saturated rings. The van der Waals surface area contributed by atoms with E-state index in [1.807, 2.05) is 31.2 Å². The van der Waals surface area contributed by atoms with Crippen molar-refractivity contribution in [3.63, 3.8) is 0 Å². The maximum absolute atomic E-state index is 12.1. The fraction of sp³-hybridized carbons (Fsp3) is 0.529. The van der Waals surface area contributed by atoms with Crippen molar-refractivity contribution in [2.24, 2.45) is 0 Å². The predicted octanol–water partition coefficient (Wildman–Crippen LogP) is 1.58. The highest BCUT2D eigenvalue weighted by molar-refractivity contribution is 5.88. The van der Waals surface area contributed by atoms with Gasteiger partial charge in [0.2, 0.25) is 11.8 Å². The highest BCUT2D eigenvalue weighted by Crippen LogP contribution is 2.13. The zero-order valence-corrected chi connectivity index (χ0v) is 14.5. The molecule has 0 aromatic heterocycles. The van der Waals surface area contributed by atoms with Crippen LogP contribution >= 0.6 is 0 Å². The average Bonchev–Trinajstić information content (AvgIpc) is 2.58. The number of rotatable bonds is 8. The molecule has 1 N–H and O–H groups in total. The summed E-state index contributed by atoms with van der Waals surface area (Å²) in [4.78, 5) is 25.6. The van der Waals surface area contributed by atoms with Gasteiger partial charge in [-0.3, -0.25) is 9.59 Å². The van der Waals surface area contributed by atoms with Crippen LogP contribution < -0.4 is 10.1 Å². The van der Waals surface area contributed by atoms with Crippen molar-refractivity contribution in [3.05, 3.63) is 29.8 Å². The molecule has 6 heteroatoms. The first-order valence-corrected chi connectivity index (χ1v) is 7.68. The molecule has 0 aliphatic carbocycles. The van der Waals surface area contributed by atoms with Gasteiger partial charge in [0, 0.05) is 13.6 Å². The van der Waals surface area contributed by atoms with Gasteiger partial charge >= 0.3 is 0 Å². The van der Waals surface area contributed by atoms with Gasteiger partial charge in [0.15, 0.2) is 0 Å². The van der Waals surface area contributed by atoms with Crippen LogP contribution in [0.2, 0.25) is 0 Å². The van der Waals surface area contributed by atoms with E-state index < -0.39 is 12.1 Å². The second-order valence-electron chi connectivity index (χ2n) is 5.39. The highest BCUT2D eigenvalue weighted by Gasteiger charge is 2.21. The Morgan fingerprint density at radius 2 is 2.00 bits per heavy atom. The van der Waals surface area contributed by atoms with Crippen molar-refractivity contribution >= 4 is 11.8 Å². The molecule has 1 aromatic rings. The van der Waals surface area contributed by atoms with E-state index in [0.29, 0.717) is 13.2 Å². The Morgan fingerprint density at radius 3 is 2.61 bits per heavy atom. The summed E-state index contributed by atoms with van der Waals surface area (Å²) in [5.74, 6) is 0.309. The van der Waals surface area contributed by atoms with E-state index in [0.717, 1.165) is 11.3 Å². The molecule has 0 spiro atoms. The van der Waals surface area contributed by atoms with Gasteiger partial charge in [-0.25, -0.2) is 0 Å². The number of likely N-dealkylation sites (N-methyl/N-ethyl adjacent to an activating group) is 1. The average molecular weight is 322 g/mol. The van der Waals surface area contributed by atoms with Crippen LogP contribution in [0.4, 0.5) is 0 Å². The molecule has 2 atom stereocenters. The van der Waals surface area contributed by atoms with E-state index >= 15 is 0 Å². The number of ether oxygens (including phenoxy) is 2. The van der Waals surface area contributed by atoms with E-state index in [1.165, 1.54) is 0 Å². The van der Waals surface area contributed by atoms with Crippen LogP contribution in [-0.2, 0) is 20.9 Å². The third kappa shape index (κ3) is 5.90. The van der Waals surface area contributed by atoms with Gasteiger partial charge in [0.1, 0.15) is 17.9 Å². The minimum absolute atomic E-state index is 0.124. The molecule has 23 heavy (non-hydrogen) atoms. The number of nitrogens with zero attached hydrogens (tertiary/aromatic N) is 1.